The fourth-order valence-electron chi connectivity index (χ4n) is 9.24. The monoisotopic (exact) mass is 1100 g/mol. The molecule has 0 spiro atoms. The molecule has 0 aliphatic carbocycles. The first-order valence-electron chi connectivity index (χ1n) is 32.4. The first-order chi connectivity index (χ1) is 37.8. The molecule has 2 unspecified atom stereocenters. The van der Waals surface area contributed by atoms with E-state index in [9.17, 15) is 19.0 Å². The predicted octanol–water partition coefficient (Wildman–Crippen LogP) is 20.9. The van der Waals surface area contributed by atoms with Crippen LogP contribution in [0, 0.1) is 0 Å². The minimum Gasteiger partial charge on any atom is -0.462 e. The van der Waals surface area contributed by atoms with E-state index in [2.05, 4.69) is 86.8 Å². The number of unbranched alkanes of at least 4 members (excludes halogenated alkanes) is 36. The Morgan fingerprint density at radius 3 is 1.00 bits per heavy atom. The summed E-state index contributed by atoms with van der Waals surface area (Å²) in [7, 11) is -4.39. The summed E-state index contributed by atoms with van der Waals surface area (Å²) in [4.78, 5) is 35.3. The lowest BCUT2D eigenvalue weighted by Crippen LogP contribution is -2.29. The van der Waals surface area contributed by atoms with Crippen LogP contribution in [0.4, 0.5) is 0 Å². The number of phosphoric ester groups is 1. The molecule has 0 saturated heterocycles. The minimum atomic E-state index is -4.39. The third kappa shape index (κ3) is 62.5. The van der Waals surface area contributed by atoms with E-state index in [-0.39, 0.29) is 38.6 Å². The fourth-order valence-corrected chi connectivity index (χ4v) is 10.0. The van der Waals surface area contributed by atoms with Crippen LogP contribution in [0.1, 0.15) is 309 Å². The second-order valence-corrected chi connectivity index (χ2v) is 23.1. The number of carbonyl (C=O) groups excluding carboxylic acids is 2. The summed E-state index contributed by atoms with van der Waals surface area (Å²) in [5.41, 5.74) is 5.39. The number of hydrogen-bond acceptors (Lipinski definition) is 8. The average molecular weight is 1100 g/mol. The lowest BCUT2D eigenvalue weighted by atomic mass is 10.0. The molecule has 0 heterocycles. The van der Waals surface area contributed by atoms with Crippen molar-refractivity contribution in [3.8, 4) is 0 Å². The maximum atomic E-state index is 12.7. The van der Waals surface area contributed by atoms with Crippen LogP contribution < -0.4 is 5.73 Å². The van der Waals surface area contributed by atoms with Crippen molar-refractivity contribution in [3.63, 3.8) is 0 Å². The molecular weight excluding hydrogens is 978 g/mol. The molecule has 9 nitrogen and oxygen atoms in total. The van der Waals surface area contributed by atoms with Crippen LogP contribution in [0.2, 0.25) is 0 Å². The highest BCUT2D eigenvalue weighted by atomic mass is 31.2. The molecule has 0 bridgehead atoms. The van der Waals surface area contributed by atoms with Gasteiger partial charge in [0.25, 0.3) is 0 Å². The number of rotatable bonds is 61. The van der Waals surface area contributed by atoms with Crippen molar-refractivity contribution in [1.82, 2.24) is 0 Å². The fraction of sp³-hybridized carbons (Fsp3) is 0.791. The number of hydrogen-bond donors (Lipinski definition) is 2. The summed E-state index contributed by atoms with van der Waals surface area (Å²) in [5.74, 6) is -0.823. The number of nitrogens with two attached hydrogens (primary N) is 1. The second kappa shape index (κ2) is 62.6. The van der Waals surface area contributed by atoms with Crippen molar-refractivity contribution >= 4 is 19.8 Å². The average Bonchev–Trinajstić information content (AvgIpc) is 3.42. The highest BCUT2D eigenvalue weighted by Crippen LogP contribution is 2.43. The predicted molar refractivity (Wildman–Crippen MR) is 330 cm³/mol. The van der Waals surface area contributed by atoms with Crippen LogP contribution in [0.5, 0.6) is 0 Å². The van der Waals surface area contributed by atoms with Crippen molar-refractivity contribution in [2.45, 2.75) is 315 Å². The van der Waals surface area contributed by atoms with Crippen LogP contribution in [0.3, 0.4) is 0 Å². The minimum absolute atomic E-state index is 0.0513. The van der Waals surface area contributed by atoms with E-state index < -0.39 is 26.5 Å². The number of carbonyl (C=O) groups is 2. The molecule has 0 aromatic heterocycles. The molecular formula is C67H122NO8P. The molecule has 3 N–H and O–H groups in total. The summed E-state index contributed by atoms with van der Waals surface area (Å²) in [6.07, 6.45) is 81.1. The zero-order valence-electron chi connectivity index (χ0n) is 50.2. The molecule has 0 rings (SSSR count). The highest BCUT2D eigenvalue weighted by molar-refractivity contribution is 7.47. The van der Waals surface area contributed by atoms with Gasteiger partial charge in [0.15, 0.2) is 6.10 Å². The lowest BCUT2D eigenvalue weighted by molar-refractivity contribution is -0.161. The summed E-state index contributed by atoms with van der Waals surface area (Å²) in [5, 5.41) is 0. The zero-order chi connectivity index (χ0) is 55.9. The highest BCUT2D eigenvalue weighted by Gasteiger charge is 2.26. The van der Waals surface area contributed by atoms with Crippen LogP contribution >= 0.6 is 7.82 Å². The van der Waals surface area contributed by atoms with Gasteiger partial charge >= 0.3 is 19.8 Å². The van der Waals surface area contributed by atoms with Gasteiger partial charge in [-0.15, -0.1) is 0 Å². The number of ether oxygens (including phenoxy) is 2. The molecule has 2 atom stereocenters. The van der Waals surface area contributed by atoms with Gasteiger partial charge in [0, 0.05) is 19.4 Å². The first kappa shape index (κ1) is 74.5. The van der Waals surface area contributed by atoms with Crippen LogP contribution in [0.25, 0.3) is 0 Å². The largest absolute Gasteiger partial charge is 0.472 e. The number of esters is 2. The molecule has 0 aromatic rings. The standard InChI is InChI=1S/C67H122NO8P/c1-3-5-7-9-11-13-15-17-19-21-23-25-27-29-30-31-32-33-34-36-38-40-42-44-46-48-50-52-54-56-58-60-67(70)76-65(64-75-77(71,72)74-62-61-68)63-73-66(69)59-57-55-53-51-49-47-45-43-41-39-37-35-28-26-24-22-20-18-16-14-12-10-8-6-4-2/h15-18,21-24,27-29,35,65H,3-14,19-20,25-26,30-34,36-64,68H2,1-2H3,(H,71,72)/b17-15-,18-16-,23-21-,24-22-,29-27-,35-28-. The van der Waals surface area contributed by atoms with Gasteiger partial charge in [0.2, 0.25) is 0 Å². The van der Waals surface area contributed by atoms with E-state index >= 15 is 0 Å². The van der Waals surface area contributed by atoms with Gasteiger partial charge in [-0.05, 0) is 89.9 Å². The Labute approximate surface area is 475 Å². The van der Waals surface area contributed by atoms with Crippen molar-refractivity contribution in [2.24, 2.45) is 5.73 Å². The first-order valence-corrected chi connectivity index (χ1v) is 33.9. The Bertz CT molecular complexity index is 1490. The van der Waals surface area contributed by atoms with Crippen molar-refractivity contribution < 1.29 is 37.6 Å². The second-order valence-electron chi connectivity index (χ2n) is 21.6. The van der Waals surface area contributed by atoms with Gasteiger partial charge in [-0.2, -0.15) is 0 Å². The lowest BCUT2D eigenvalue weighted by Gasteiger charge is -2.19. The van der Waals surface area contributed by atoms with Gasteiger partial charge in [-0.3, -0.25) is 18.6 Å². The van der Waals surface area contributed by atoms with Crippen LogP contribution in [-0.2, 0) is 32.7 Å². The van der Waals surface area contributed by atoms with E-state index in [0.717, 1.165) is 64.2 Å². The normalized spacial score (nSPS) is 13.5. The van der Waals surface area contributed by atoms with Gasteiger partial charge in [0.05, 0.1) is 13.2 Å². The Hall–Kier alpha value is -2.55. The quantitative estimate of drug-likeness (QED) is 0.0264. The Morgan fingerprint density at radius 1 is 0.390 bits per heavy atom. The molecule has 0 aliphatic heterocycles. The number of allylic oxidation sites excluding steroid dienone is 12. The van der Waals surface area contributed by atoms with E-state index in [1.54, 1.807) is 0 Å². The van der Waals surface area contributed by atoms with Gasteiger partial charge < -0.3 is 20.1 Å². The Kier molecular flexibility index (Phi) is 60.6. The van der Waals surface area contributed by atoms with E-state index in [1.165, 1.54) is 212 Å². The van der Waals surface area contributed by atoms with Crippen molar-refractivity contribution in [2.75, 3.05) is 26.4 Å². The van der Waals surface area contributed by atoms with Crippen LogP contribution in [-0.4, -0.2) is 49.3 Å². The molecule has 0 fully saturated rings. The number of phosphoric acid groups is 1. The summed E-state index contributed by atoms with van der Waals surface area (Å²) >= 11 is 0. The Balaban J connectivity index is 3.92. The zero-order valence-corrected chi connectivity index (χ0v) is 51.1. The summed E-state index contributed by atoms with van der Waals surface area (Å²) in [6, 6.07) is 0. The summed E-state index contributed by atoms with van der Waals surface area (Å²) < 4.78 is 33.1. The molecule has 77 heavy (non-hydrogen) atoms. The van der Waals surface area contributed by atoms with Crippen molar-refractivity contribution in [1.29, 1.82) is 0 Å². The van der Waals surface area contributed by atoms with Gasteiger partial charge in [-0.1, -0.05) is 279 Å². The molecule has 10 heteroatoms. The molecule has 0 amide bonds. The molecule has 0 aromatic carbocycles. The van der Waals surface area contributed by atoms with Crippen LogP contribution in [0.15, 0.2) is 72.9 Å². The van der Waals surface area contributed by atoms with E-state index in [1.807, 2.05) is 0 Å². The SMILES string of the molecule is CCCCCCC/C=C\C/C=C\C/C=C\CCCCCCCCCCCCCCCCCCC(=O)OC(COC(=O)CCCCCCCCCCCC/C=C\C/C=C\C/C=C\CCCCCCC)COP(=O)(O)OCCN. The van der Waals surface area contributed by atoms with Gasteiger partial charge in [-0.25, -0.2) is 4.57 Å². The summed E-state index contributed by atoms with van der Waals surface area (Å²) in [6.45, 7) is 3.75. The molecule has 448 valence electrons. The van der Waals surface area contributed by atoms with Gasteiger partial charge in [0.1, 0.15) is 6.61 Å². The van der Waals surface area contributed by atoms with E-state index in [4.69, 9.17) is 24.3 Å². The molecule has 0 radical (unpaired) electrons. The third-order valence-corrected chi connectivity index (χ3v) is 15.0. The molecule has 0 aliphatic rings. The maximum absolute atomic E-state index is 12.7. The third-order valence-electron chi connectivity index (χ3n) is 14.1. The van der Waals surface area contributed by atoms with E-state index in [0.29, 0.717) is 6.42 Å². The topological polar surface area (TPSA) is 134 Å². The maximum Gasteiger partial charge on any atom is 0.472 e. The smallest absolute Gasteiger partial charge is 0.462 e. The van der Waals surface area contributed by atoms with Crippen molar-refractivity contribution in [3.05, 3.63) is 72.9 Å². The molecule has 0 saturated carbocycles. The Morgan fingerprint density at radius 2 is 0.675 bits per heavy atom.